The van der Waals surface area contributed by atoms with E-state index >= 15 is 0 Å². The van der Waals surface area contributed by atoms with Gasteiger partial charge in [-0.2, -0.15) is 16.8 Å². The maximum Gasteiger partial charge on any atom is 0.299 e. The molecule has 0 aliphatic carbocycles. The van der Waals surface area contributed by atoms with Gasteiger partial charge in [-0.25, -0.2) is 0 Å². The molecule has 0 spiro atoms. The molecule has 7 nitrogen and oxygen atoms in total. The molecule has 0 aromatic heterocycles. The van der Waals surface area contributed by atoms with Gasteiger partial charge in [-0.05, 0) is 36.6 Å². The van der Waals surface area contributed by atoms with Crippen molar-refractivity contribution in [3.05, 3.63) is 48.0 Å². The molecule has 0 aliphatic heterocycles. The van der Waals surface area contributed by atoms with Gasteiger partial charge in [0.05, 0.1) is 0 Å². The average molecular weight is 522 g/mol. The van der Waals surface area contributed by atoms with E-state index in [0.29, 0.717) is 12.0 Å². The summed E-state index contributed by atoms with van der Waals surface area (Å²) < 4.78 is 72.8. The molecule has 1 radical (unpaired) electrons. The van der Waals surface area contributed by atoms with Gasteiger partial charge >= 0.3 is 0 Å². The summed E-state index contributed by atoms with van der Waals surface area (Å²) in [6.07, 6.45) is 11.8. The van der Waals surface area contributed by atoms with Gasteiger partial charge < -0.3 is 4.74 Å². The third kappa shape index (κ3) is 10.4. The number of aryl methyl sites for hydroxylation is 1. The monoisotopic (exact) mass is 521 g/mol. The van der Waals surface area contributed by atoms with E-state index in [9.17, 15) is 25.9 Å². The second kappa shape index (κ2) is 15.2. The molecule has 2 rings (SSSR count). The van der Waals surface area contributed by atoms with Crippen LogP contribution in [0.4, 0.5) is 0 Å². The summed E-state index contributed by atoms with van der Waals surface area (Å²) in [4.78, 5) is -1.86. The van der Waals surface area contributed by atoms with Crippen molar-refractivity contribution in [2.45, 2.75) is 87.3 Å². The Morgan fingerprint density at radius 3 is 1.74 bits per heavy atom. The summed E-state index contributed by atoms with van der Waals surface area (Å²) in [6.45, 7) is 2.20. The largest absolute Gasteiger partial charge is 0.456 e. The third-order valence-electron chi connectivity index (χ3n) is 5.46. The van der Waals surface area contributed by atoms with Gasteiger partial charge in [-0.3, -0.25) is 9.11 Å². The van der Waals surface area contributed by atoms with Gasteiger partial charge in [-0.1, -0.05) is 89.0 Å². The van der Waals surface area contributed by atoms with Crippen molar-refractivity contribution in [2.75, 3.05) is 0 Å². The molecular weight excluding hydrogens is 487 g/mol. The number of para-hydroxylation sites is 1. The maximum atomic E-state index is 12.1. The van der Waals surface area contributed by atoms with Gasteiger partial charge in [0.1, 0.15) is 10.6 Å². The second-order valence-corrected chi connectivity index (χ2v) is 10.9. The van der Waals surface area contributed by atoms with Crippen molar-refractivity contribution in [1.29, 1.82) is 0 Å². The SMILES string of the molecule is CCCCCCCCCCCCc1ccc(S(=O)(=O)O)c(S(=O)(=O)O)c1Oc1ccccc1.[Na]. The summed E-state index contributed by atoms with van der Waals surface area (Å²) in [5, 5.41) is 0. The second-order valence-electron chi connectivity index (χ2n) is 8.18. The first-order chi connectivity index (χ1) is 15.6. The Hall–Kier alpha value is -0.940. The molecular formula is C24H34NaO7S2. The molecule has 10 heteroatoms. The normalized spacial score (nSPS) is 11.7. The van der Waals surface area contributed by atoms with E-state index < -0.39 is 30.0 Å². The van der Waals surface area contributed by atoms with Crippen molar-refractivity contribution in [1.82, 2.24) is 0 Å². The molecule has 0 saturated heterocycles. The number of ether oxygens (including phenoxy) is 1. The van der Waals surface area contributed by atoms with Crippen molar-refractivity contribution in [3.63, 3.8) is 0 Å². The van der Waals surface area contributed by atoms with Crippen LogP contribution in [0.2, 0.25) is 0 Å². The van der Waals surface area contributed by atoms with Gasteiger partial charge in [0, 0.05) is 29.6 Å². The molecule has 0 unspecified atom stereocenters. The van der Waals surface area contributed by atoms with Gasteiger partial charge in [0.25, 0.3) is 20.2 Å². The number of hydrogen-bond donors (Lipinski definition) is 2. The zero-order chi connectivity index (χ0) is 24.3. The van der Waals surface area contributed by atoms with Crippen LogP contribution in [0.25, 0.3) is 0 Å². The fourth-order valence-corrected chi connectivity index (χ4v) is 5.68. The van der Waals surface area contributed by atoms with Gasteiger partial charge in [0.15, 0.2) is 10.6 Å². The molecule has 2 aromatic carbocycles. The van der Waals surface area contributed by atoms with Crippen molar-refractivity contribution in [2.24, 2.45) is 0 Å². The predicted molar refractivity (Wildman–Crippen MR) is 134 cm³/mol. The number of unbranched alkanes of at least 4 members (excludes halogenated alkanes) is 9. The standard InChI is InChI=1S/C24H34O7S2.Na/c1-2-3-4-5-6-7-8-9-10-12-15-20-18-19-22(32(25,26)27)24(33(28,29)30)23(20)31-21-16-13-11-14-17-21;/h11,13-14,16-19H,2-10,12,15H2,1H3,(H,25,26,27)(H,28,29,30);. The first-order valence-electron chi connectivity index (χ1n) is 11.5. The minimum atomic E-state index is -5.01. The van der Waals surface area contributed by atoms with E-state index in [-0.39, 0.29) is 41.1 Å². The molecule has 0 aliphatic rings. The molecule has 34 heavy (non-hydrogen) atoms. The molecule has 0 bridgehead atoms. The number of hydrogen-bond acceptors (Lipinski definition) is 5. The zero-order valence-electron chi connectivity index (χ0n) is 20.1. The molecule has 2 aromatic rings. The van der Waals surface area contributed by atoms with Crippen LogP contribution in [0.3, 0.4) is 0 Å². The first kappa shape index (κ1) is 31.1. The van der Waals surface area contributed by atoms with E-state index in [0.717, 1.165) is 31.7 Å². The third-order valence-corrected chi connectivity index (χ3v) is 7.40. The van der Waals surface area contributed by atoms with Crippen molar-refractivity contribution in [3.8, 4) is 11.5 Å². The molecule has 0 heterocycles. The Bertz CT molecular complexity index is 1090. The summed E-state index contributed by atoms with van der Waals surface area (Å²) in [5.41, 5.74) is 0.443. The Labute approximate surface area is 226 Å². The molecule has 2 N–H and O–H groups in total. The fraction of sp³-hybridized carbons (Fsp3) is 0.500. The number of benzene rings is 2. The fourth-order valence-electron chi connectivity index (χ4n) is 3.75. The minimum absolute atomic E-state index is 0. The zero-order valence-corrected chi connectivity index (χ0v) is 23.7. The van der Waals surface area contributed by atoms with Crippen LogP contribution in [0.1, 0.15) is 76.7 Å². The molecule has 0 saturated carbocycles. The van der Waals surface area contributed by atoms with E-state index in [1.165, 1.54) is 44.6 Å². The Morgan fingerprint density at radius 1 is 0.706 bits per heavy atom. The predicted octanol–water partition coefficient (Wildman–Crippen LogP) is 6.05. The van der Waals surface area contributed by atoms with Crippen LogP contribution < -0.4 is 4.74 Å². The Morgan fingerprint density at radius 2 is 1.24 bits per heavy atom. The van der Waals surface area contributed by atoms with Crippen LogP contribution >= 0.6 is 0 Å². The summed E-state index contributed by atoms with van der Waals surface area (Å²) >= 11 is 0. The number of rotatable bonds is 15. The van der Waals surface area contributed by atoms with Crippen LogP contribution in [-0.2, 0) is 26.7 Å². The van der Waals surface area contributed by atoms with E-state index in [1.807, 2.05) is 0 Å². The molecule has 185 valence electrons. The van der Waals surface area contributed by atoms with Gasteiger partial charge in [-0.15, -0.1) is 0 Å². The van der Waals surface area contributed by atoms with Gasteiger partial charge in [0.2, 0.25) is 0 Å². The average Bonchev–Trinajstić information content (AvgIpc) is 2.75. The Kier molecular flexibility index (Phi) is 13.9. The molecule has 0 atom stereocenters. The van der Waals surface area contributed by atoms with Crippen molar-refractivity contribution < 1.29 is 30.7 Å². The minimum Gasteiger partial charge on any atom is -0.456 e. The van der Waals surface area contributed by atoms with E-state index in [4.69, 9.17) is 4.74 Å². The Balaban J connectivity index is 0.00000578. The summed E-state index contributed by atoms with van der Waals surface area (Å²) in [6, 6.07) is 10.7. The van der Waals surface area contributed by atoms with Crippen LogP contribution in [0.15, 0.2) is 52.3 Å². The molecule has 0 amide bonds. The quantitative estimate of drug-likeness (QED) is 0.166. The van der Waals surface area contributed by atoms with Crippen LogP contribution in [0, 0.1) is 0 Å². The summed E-state index contributed by atoms with van der Waals surface area (Å²) in [7, 11) is -9.92. The smallest absolute Gasteiger partial charge is 0.299 e. The molecule has 0 fully saturated rings. The van der Waals surface area contributed by atoms with E-state index in [1.54, 1.807) is 30.3 Å². The maximum absolute atomic E-state index is 12.1. The van der Waals surface area contributed by atoms with Crippen molar-refractivity contribution >= 4 is 49.8 Å². The van der Waals surface area contributed by atoms with Crippen LogP contribution in [0.5, 0.6) is 11.5 Å². The summed E-state index contributed by atoms with van der Waals surface area (Å²) in [5.74, 6) is -0.00559. The van der Waals surface area contributed by atoms with Crippen LogP contribution in [-0.4, -0.2) is 55.5 Å². The van der Waals surface area contributed by atoms with E-state index in [2.05, 4.69) is 6.92 Å². The topological polar surface area (TPSA) is 118 Å². The first-order valence-corrected chi connectivity index (χ1v) is 14.4.